The third-order valence-electron chi connectivity index (χ3n) is 5.22. The first-order valence-electron chi connectivity index (χ1n) is 12.1. The summed E-state index contributed by atoms with van der Waals surface area (Å²) in [5.74, 6) is -1.78. The summed E-state index contributed by atoms with van der Waals surface area (Å²) >= 11 is 0. The summed E-state index contributed by atoms with van der Waals surface area (Å²) in [4.78, 5) is 53.4. The fourth-order valence-electron chi connectivity index (χ4n) is 3.26. The Bertz CT molecular complexity index is 971. The maximum Gasteiger partial charge on any atom is 0.407 e. The third kappa shape index (κ3) is 10.6. The number of aromatic nitrogens is 1. The van der Waals surface area contributed by atoms with Gasteiger partial charge in [-0.3, -0.25) is 25.1 Å². The van der Waals surface area contributed by atoms with Crippen molar-refractivity contribution in [2.75, 3.05) is 6.54 Å². The van der Waals surface area contributed by atoms with Crippen molar-refractivity contribution in [1.82, 2.24) is 15.6 Å². The molecule has 194 valence electrons. The molecule has 0 saturated heterocycles. The molecule has 10 heteroatoms. The fraction of sp³-hybridized carbons (Fsp3) is 0.423. The lowest BCUT2D eigenvalue weighted by Gasteiger charge is -2.21. The van der Waals surface area contributed by atoms with Gasteiger partial charge in [-0.2, -0.15) is 0 Å². The molecule has 1 heterocycles. The number of carbonyl (C=O) groups is 4. The van der Waals surface area contributed by atoms with E-state index < -0.39 is 36.0 Å². The van der Waals surface area contributed by atoms with E-state index in [1.165, 1.54) is 12.3 Å². The number of hydrogen-bond acceptors (Lipinski definition) is 8. The van der Waals surface area contributed by atoms with Crippen molar-refractivity contribution in [2.24, 2.45) is 5.73 Å². The number of ketones is 1. The zero-order valence-corrected chi connectivity index (χ0v) is 20.5. The summed E-state index contributed by atoms with van der Waals surface area (Å²) in [6, 6.07) is 13.0. The molecule has 0 aliphatic heterocycles. The molecule has 1 aromatic heterocycles. The zero-order chi connectivity index (χ0) is 26.2. The Morgan fingerprint density at radius 3 is 2.44 bits per heavy atom. The van der Waals surface area contributed by atoms with E-state index in [0.29, 0.717) is 12.8 Å². The van der Waals surface area contributed by atoms with E-state index in [1.54, 1.807) is 12.1 Å². The third-order valence-corrected chi connectivity index (χ3v) is 5.22. The first-order valence-corrected chi connectivity index (χ1v) is 12.1. The summed E-state index contributed by atoms with van der Waals surface area (Å²) < 4.78 is 10.2. The lowest BCUT2D eigenvalue weighted by Crippen LogP contribution is -2.50. The van der Waals surface area contributed by atoms with Crippen LogP contribution in [-0.2, 0) is 25.7 Å². The molecule has 0 saturated carbocycles. The lowest BCUT2D eigenvalue weighted by atomic mass is 10.0. The van der Waals surface area contributed by atoms with Crippen molar-refractivity contribution in [3.05, 3.63) is 66.0 Å². The quantitative estimate of drug-likeness (QED) is 0.193. The summed E-state index contributed by atoms with van der Waals surface area (Å²) in [5.41, 5.74) is 6.82. The Morgan fingerprint density at radius 1 is 1.00 bits per heavy atom. The molecule has 0 aliphatic rings. The molecule has 4 N–H and O–H groups in total. The van der Waals surface area contributed by atoms with Gasteiger partial charge in [-0.15, -0.1) is 0 Å². The standard InChI is InChI=1S/C26H34N4O6/c1-2-3-5-15-22(31)36-24(27)23(32)20(30-25(33)21-13-8-9-16-28-21)14-10-17-29-26(34)35-18-19-11-6-4-7-12-19/h4,6-9,11-13,16,20,24H,2-3,5,10,14-15,17-18,27H2,1H3,(H,29,34)(H,30,33). The topological polar surface area (TPSA) is 150 Å². The summed E-state index contributed by atoms with van der Waals surface area (Å²) in [6.45, 7) is 2.34. The van der Waals surface area contributed by atoms with Crippen molar-refractivity contribution in [1.29, 1.82) is 0 Å². The average Bonchev–Trinajstić information content (AvgIpc) is 2.89. The zero-order valence-electron chi connectivity index (χ0n) is 20.5. The monoisotopic (exact) mass is 498 g/mol. The molecule has 2 amide bonds. The minimum Gasteiger partial charge on any atom is -0.445 e. The van der Waals surface area contributed by atoms with Crippen LogP contribution in [0.25, 0.3) is 0 Å². The number of nitrogens with one attached hydrogen (secondary N) is 2. The van der Waals surface area contributed by atoms with Crippen LogP contribution in [0.2, 0.25) is 0 Å². The minimum absolute atomic E-state index is 0.128. The first-order chi connectivity index (χ1) is 17.4. The van der Waals surface area contributed by atoms with Gasteiger partial charge in [0.2, 0.25) is 12.0 Å². The van der Waals surface area contributed by atoms with Crippen LogP contribution in [0, 0.1) is 0 Å². The van der Waals surface area contributed by atoms with E-state index >= 15 is 0 Å². The van der Waals surface area contributed by atoms with E-state index in [-0.39, 0.29) is 31.7 Å². The highest BCUT2D eigenvalue weighted by Crippen LogP contribution is 2.07. The van der Waals surface area contributed by atoms with Crippen LogP contribution in [0.1, 0.15) is 61.5 Å². The van der Waals surface area contributed by atoms with Gasteiger partial charge < -0.3 is 20.1 Å². The van der Waals surface area contributed by atoms with Crippen LogP contribution in [0.3, 0.4) is 0 Å². The molecule has 36 heavy (non-hydrogen) atoms. The molecule has 0 bridgehead atoms. The number of unbranched alkanes of at least 4 members (excludes halogenated alkanes) is 2. The van der Waals surface area contributed by atoms with Crippen LogP contribution in [0.15, 0.2) is 54.7 Å². The van der Waals surface area contributed by atoms with Crippen LogP contribution >= 0.6 is 0 Å². The summed E-state index contributed by atoms with van der Waals surface area (Å²) in [6.07, 6.45) is 2.43. The van der Waals surface area contributed by atoms with Gasteiger partial charge >= 0.3 is 12.1 Å². The van der Waals surface area contributed by atoms with Crippen molar-refractivity contribution in [3.63, 3.8) is 0 Å². The molecule has 2 unspecified atom stereocenters. The Labute approximate surface area is 210 Å². The Balaban J connectivity index is 1.88. The minimum atomic E-state index is -1.52. The number of nitrogens with two attached hydrogens (primary N) is 1. The molecule has 0 fully saturated rings. The van der Waals surface area contributed by atoms with E-state index in [4.69, 9.17) is 15.2 Å². The van der Waals surface area contributed by atoms with Crippen LogP contribution in [-0.4, -0.2) is 47.6 Å². The molecule has 10 nitrogen and oxygen atoms in total. The lowest BCUT2D eigenvalue weighted by molar-refractivity contribution is -0.155. The molecule has 0 spiro atoms. The molecule has 2 aromatic rings. The molecular formula is C26H34N4O6. The maximum absolute atomic E-state index is 12.9. The van der Waals surface area contributed by atoms with Crippen molar-refractivity contribution < 1.29 is 28.7 Å². The van der Waals surface area contributed by atoms with Gasteiger partial charge in [0.15, 0.2) is 0 Å². The molecule has 2 rings (SSSR count). The fourth-order valence-corrected chi connectivity index (χ4v) is 3.26. The van der Waals surface area contributed by atoms with Gasteiger partial charge in [0.25, 0.3) is 5.91 Å². The smallest absolute Gasteiger partial charge is 0.407 e. The predicted octanol–water partition coefficient (Wildman–Crippen LogP) is 2.86. The highest BCUT2D eigenvalue weighted by molar-refractivity contribution is 5.98. The highest BCUT2D eigenvalue weighted by atomic mass is 16.6. The molecule has 2 atom stereocenters. The van der Waals surface area contributed by atoms with E-state index in [9.17, 15) is 19.2 Å². The normalized spacial score (nSPS) is 12.2. The van der Waals surface area contributed by atoms with Crippen molar-refractivity contribution in [3.8, 4) is 0 Å². The van der Waals surface area contributed by atoms with Gasteiger partial charge in [0.05, 0.1) is 6.04 Å². The number of benzene rings is 1. The van der Waals surface area contributed by atoms with Crippen molar-refractivity contribution >= 4 is 23.8 Å². The number of carbonyl (C=O) groups excluding carboxylic acids is 4. The predicted molar refractivity (Wildman–Crippen MR) is 133 cm³/mol. The van der Waals surface area contributed by atoms with E-state index in [0.717, 1.165) is 18.4 Å². The average molecular weight is 499 g/mol. The summed E-state index contributed by atoms with van der Waals surface area (Å²) in [7, 11) is 0. The summed E-state index contributed by atoms with van der Waals surface area (Å²) in [5, 5.41) is 5.22. The number of ether oxygens (including phenoxy) is 2. The molecule has 1 aromatic carbocycles. The van der Waals surface area contributed by atoms with Gasteiger partial charge in [-0.05, 0) is 37.0 Å². The van der Waals surface area contributed by atoms with Gasteiger partial charge in [-0.25, -0.2) is 4.79 Å². The van der Waals surface area contributed by atoms with Crippen LogP contribution in [0.5, 0.6) is 0 Å². The Hall–Kier alpha value is -3.79. The van der Waals surface area contributed by atoms with Crippen molar-refractivity contribution in [2.45, 2.75) is 64.3 Å². The van der Waals surface area contributed by atoms with Crippen LogP contribution < -0.4 is 16.4 Å². The largest absolute Gasteiger partial charge is 0.445 e. The van der Waals surface area contributed by atoms with E-state index in [1.807, 2.05) is 37.3 Å². The van der Waals surface area contributed by atoms with Crippen LogP contribution in [0.4, 0.5) is 4.79 Å². The van der Waals surface area contributed by atoms with Gasteiger partial charge in [0, 0.05) is 19.2 Å². The molecular weight excluding hydrogens is 464 g/mol. The number of rotatable bonds is 15. The number of pyridine rings is 1. The molecule has 0 radical (unpaired) electrons. The first kappa shape index (κ1) is 28.4. The number of alkyl carbamates (subject to hydrolysis) is 1. The second-order valence-corrected chi connectivity index (χ2v) is 8.14. The maximum atomic E-state index is 12.9. The second-order valence-electron chi connectivity index (χ2n) is 8.14. The number of amides is 2. The van der Waals surface area contributed by atoms with Gasteiger partial charge in [0.1, 0.15) is 12.3 Å². The Morgan fingerprint density at radius 2 is 1.75 bits per heavy atom. The second kappa shape index (κ2) is 16.0. The Kier molecular flexibility index (Phi) is 12.6. The number of nitrogens with zero attached hydrogens (tertiary/aromatic N) is 1. The van der Waals surface area contributed by atoms with Gasteiger partial charge in [-0.1, -0.05) is 56.2 Å². The molecule has 0 aliphatic carbocycles. The SMILES string of the molecule is CCCCCC(=O)OC(N)C(=O)C(CCCNC(=O)OCc1ccccc1)NC(=O)c1ccccn1. The highest BCUT2D eigenvalue weighted by Gasteiger charge is 2.29. The number of esters is 1. The number of hydrogen-bond donors (Lipinski definition) is 3. The van der Waals surface area contributed by atoms with E-state index in [2.05, 4.69) is 15.6 Å². The number of Topliss-reactive ketones (excluding diaryl/α,β-unsaturated/α-hetero) is 1.